The summed E-state index contributed by atoms with van der Waals surface area (Å²) >= 11 is 1.27. The number of aryl methyl sites for hydroxylation is 1. The highest BCUT2D eigenvalue weighted by Gasteiger charge is 2.27. The van der Waals surface area contributed by atoms with E-state index >= 15 is 0 Å². The average molecular weight is 399 g/mol. The number of primary amides is 1. The summed E-state index contributed by atoms with van der Waals surface area (Å²) in [4.78, 5) is 16.1. The average Bonchev–Trinajstić information content (AvgIpc) is 2.98. The second-order valence-electron chi connectivity index (χ2n) is 5.97. The zero-order valence-corrected chi connectivity index (χ0v) is 16.3. The fourth-order valence-corrected chi connectivity index (χ4v) is 5.16. The van der Waals surface area contributed by atoms with E-state index in [1.165, 1.54) is 16.1 Å². The van der Waals surface area contributed by atoms with Crippen LogP contribution in [-0.4, -0.2) is 59.7 Å². The second kappa shape index (κ2) is 7.55. The van der Waals surface area contributed by atoms with Crippen molar-refractivity contribution < 1.29 is 17.9 Å². The van der Waals surface area contributed by atoms with E-state index in [0.717, 1.165) is 5.52 Å². The van der Waals surface area contributed by atoms with Crippen LogP contribution in [0.25, 0.3) is 11.0 Å². The molecule has 0 bridgehead atoms. The number of nitrogens with zero attached hydrogens (tertiary/aromatic N) is 3. The number of sulfonamides is 1. The van der Waals surface area contributed by atoms with Gasteiger partial charge in [-0.3, -0.25) is 4.79 Å². The lowest BCUT2D eigenvalue weighted by atomic mass is 10.3. The Bertz CT molecular complexity index is 920. The van der Waals surface area contributed by atoms with Gasteiger partial charge in [-0.05, 0) is 32.0 Å². The van der Waals surface area contributed by atoms with E-state index in [0.29, 0.717) is 43.5 Å². The van der Waals surface area contributed by atoms with Gasteiger partial charge in [0.15, 0.2) is 5.16 Å². The van der Waals surface area contributed by atoms with Crippen molar-refractivity contribution >= 4 is 38.7 Å². The van der Waals surface area contributed by atoms with Gasteiger partial charge in [0, 0.05) is 19.6 Å². The molecule has 8 nitrogen and oxygen atoms in total. The number of carbonyl (C=O) groups excluding carboxylic acids is 1. The van der Waals surface area contributed by atoms with Crippen LogP contribution in [0.15, 0.2) is 28.3 Å². The molecule has 1 amide bonds. The summed E-state index contributed by atoms with van der Waals surface area (Å²) in [6.45, 7) is 5.84. The first-order valence-electron chi connectivity index (χ1n) is 8.38. The zero-order valence-electron chi connectivity index (χ0n) is 14.7. The molecule has 1 saturated heterocycles. The van der Waals surface area contributed by atoms with Gasteiger partial charge in [0.05, 0.1) is 34.4 Å². The Morgan fingerprint density at radius 1 is 1.38 bits per heavy atom. The number of aromatic nitrogens is 2. The third-order valence-electron chi connectivity index (χ3n) is 4.29. The highest BCUT2D eigenvalue weighted by atomic mass is 32.2. The molecule has 26 heavy (non-hydrogen) atoms. The predicted octanol–water partition coefficient (Wildman–Crippen LogP) is 1.04. The number of benzene rings is 1. The van der Waals surface area contributed by atoms with Crippen molar-refractivity contribution in [2.24, 2.45) is 5.73 Å². The number of nitrogens with two attached hydrogens (primary N) is 1. The minimum Gasteiger partial charge on any atom is -0.379 e. The van der Waals surface area contributed by atoms with Crippen molar-refractivity contribution in [3.63, 3.8) is 0 Å². The molecule has 2 heterocycles. The first-order valence-corrected chi connectivity index (χ1v) is 10.7. The van der Waals surface area contributed by atoms with Crippen LogP contribution < -0.4 is 5.73 Å². The second-order valence-corrected chi connectivity index (χ2v) is 9.21. The number of fused-ring (bicyclic) bond motifs is 1. The number of carbonyl (C=O) groups is 1. The molecule has 2 aromatic rings. The maximum Gasteiger partial charge on any atom is 0.243 e. The Hall–Kier alpha value is -1.62. The van der Waals surface area contributed by atoms with Crippen LogP contribution in [0.2, 0.25) is 0 Å². The van der Waals surface area contributed by atoms with E-state index in [-0.39, 0.29) is 4.90 Å². The monoisotopic (exact) mass is 398 g/mol. The predicted molar refractivity (Wildman–Crippen MR) is 99.5 cm³/mol. The summed E-state index contributed by atoms with van der Waals surface area (Å²) in [5.74, 6) is -0.416. The van der Waals surface area contributed by atoms with Crippen molar-refractivity contribution in [3.05, 3.63) is 18.2 Å². The highest BCUT2D eigenvalue weighted by molar-refractivity contribution is 8.00. The maximum atomic E-state index is 12.8. The number of ether oxygens (including phenoxy) is 1. The van der Waals surface area contributed by atoms with Gasteiger partial charge in [-0.15, -0.1) is 0 Å². The first-order chi connectivity index (χ1) is 12.3. The smallest absolute Gasteiger partial charge is 0.243 e. The van der Waals surface area contributed by atoms with E-state index in [9.17, 15) is 13.2 Å². The molecule has 1 aliphatic rings. The molecule has 0 saturated carbocycles. The van der Waals surface area contributed by atoms with Crippen molar-refractivity contribution in [1.29, 1.82) is 0 Å². The third-order valence-corrected chi connectivity index (χ3v) is 7.29. The molecule has 1 fully saturated rings. The van der Waals surface area contributed by atoms with E-state index < -0.39 is 21.2 Å². The third kappa shape index (κ3) is 3.59. The number of thioether (sulfide) groups is 1. The molecule has 142 valence electrons. The summed E-state index contributed by atoms with van der Waals surface area (Å²) in [6.07, 6.45) is 0. The molecule has 0 aliphatic carbocycles. The minimum atomic E-state index is -3.58. The lowest BCUT2D eigenvalue weighted by molar-refractivity contribution is -0.117. The standard InChI is InChI=1S/C16H22N4O4S2/c1-3-20-14-5-4-12(26(22,23)19-6-8-24-9-7-19)10-13(14)18-16(20)25-11(2)15(17)21/h4-5,10-11H,3,6-9H2,1-2H3,(H2,17,21)/t11-/m1/s1. The number of morpholine rings is 1. The number of amides is 1. The summed E-state index contributed by atoms with van der Waals surface area (Å²) in [5.41, 5.74) is 6.75. The number of imidazole rings is 1. The largest absolute Gasteiger partial charge is 0.379 e. The summed E-state index contributed by atoms with van der Waals surface area (Å²) in [6, 6.07) is 4.95. The molecule has 0 radical (unpaired) electrons. The van der Waals surface area contributed by atoms with Gasteiger partial charge in [0.25, 0.3) is 0 Å². The lowest BCUT2D eigenvalue weighted by Gasteiger charge is -2.26. The van der Waals surface area contributed by atoms with E-state index in [2.05, 4.69) is 4.98 Å². The van der Waals surface area contributed by atoms with Crippen molar-refractivity contribution in [3.8, 4) is 0 Å². The van der Waals surface area contributed by atoms with Crippen molar-refractivity contribution in [1.82, 2.24) is 13.9 Å². The van der Waals surface area contributed by atoms with Crippen LogP contribution in [0.1, 0.15) is 13.8 Å². The van der Waals surface area contributed by atoms with Gasteiger partial charge in [-0.2, -0.15) is 4.31 Å². The molecule has 1 aromatic heterocycles. The molecular formula is C16H22N4O4S2. The van der Waals surface area contributed by atoms with Crippen LogP contribution in [0.4, 0.5) is 0 Å². The Morgan fingerprint density at radius 3 is 2.69 bits per heavy atom. The molecule has 10 heteroatoms. The minimum absolute atomic E-state index is 0.215. The van der Waals surface area contributed by atoms with Crippen molar-refractivity contribution in [2.75, 3.05) is 26.3 Å². The van der Waals surface area contributed by atoms with Crippen LogP contribution in [-0.2, 0) is 26.1 Å². The summed E-state index contributed by atoms with van der Waals surface area (Å²) in [5, 5.41) is 0.225. The van der Waals surface area contributed by atoms with Gasteiger partial charge in [-0.1, -0.05) is 11.8 Å². The number of hydrogen-bond donors (Lipinski definition) is 1. The Balaban J connectivity index is 1.99. The molecule has 0 spiro atoms. The SMILES string of the molecule is CCn1c(S[C@H](C)C(N)=O)nc2cc(S(=O)(=O)N3CCOCC3)ccc21. The molecule has 3 rings (SSSR count). The fourth-order valence-electron chi connectivity index (χ4n) is 2.80. The van der Waals surface area contributed by atoms with Crippen LogP contribution in [0.5, 0.6) is 0 Å². The highest BCUT2D eigenvalue weighted by Crippen LogP contribution is 2.29. The normalized spacial score (nSPS) is 17.5. The van der Waals surface area contributed by atoms with Crippen LogP contribution in [0, 0.1) is 0 Å². The van der Waals surface area contributed by atoms with E-state index in [1.807, 2.05) is 11.5 Å². The Kier molecular flexibility index (Phi) is 5.56. The quantitative estimate of drug-likeness (QED) is 0.729. The molecule has 1 atom stereocenters. The molecular weight excluding hydrogens is 376 g/mol. The Labute approximate surface area is 156 Å². The first kappa shape index (κ1) is 19.2. The summed E-state index contributed by atoms with van der Waals surface area (Å²) in [7, 11) is -3.58. The summed E-state index contributed by atoms with van der Waals surface area (Å²) < 4.78 is 34.3. The number of hydrogen-bond acceptors (Lipinski definition) is 6. The van der Waals surface area contributed by atoms with Crippen LogP contribution in [0.3, 0.4) is 0 Å². The molecule has 1 aromatic carbocycles. The van der Waals surface area contributed by atoms with Gasteiger partial charge in [-0.25, -0.2) is 13.4 Å². The molecule has 1 aliphatic heterocycles. The topological polar surface area (TPSA) is 108 Å². The van der Waals surface area contributed by atoms with E-state index in [1.54, 1.807) is 25.1 Å². The van der Waals surface area contributed by atoms with Gasteiger partial charge in [0.1, 0.15) is 0 Å². The van der Waals surface area contributed by atoms with Gasteiger partial charge in [0.2, 0.25) is 15.9 Å². The zero-order chi connectivity index (χ0) is 18.9. The van der Waals surface area contributed by atoms with Crippen LogP contribution >= 0.6 is 11.8 Å². The van der Waals surface area contributed by atoms with Gasteiger partial charge < -0.3 is 15.0 Å². The van der Waals surface area contributed by atoms with E-state index in [4.69, 9.17) is 10.5 Å². The molecule has 0 unspecified atom stereocenters. The lowest BCUT2D eigenvalue weighted by Crippen LogP contribution is -2.40. The maximum absolute atomic E-state index is 12.8. The van der Waals surface area contributed by atoms with Crippen molar-refractivity contribution in [2.45, 2.75) is 35.7 Å². The molecule has 2 N–H and O–H groups in total. The fraction of sp³-hybridized carbons (Fsp3) is 0.500. The number of rotatable bonds is 6. The van der Waals surface area contributed by atoms with Gasteiger partial charge >= 0.3 is 0 Å². The Morgan fingerprint density at radius 2 is 2.08 bits per heavy atom.